The summed E-state index contributed by atoms with van der Waals surface area (Å²) in [7, 11) is 0. The lowest BCUT2D eigenvalue weighted by Crippen LogP contribution is -2.05. The van der Waals surface area contributed by atoms with Crippen LogP contribution in [0.2, 0.25) is 0 Å². The van der Waals surface area contributed by atoms with Crippen molar-refractivity contribution in [2.75, 3.05) is 0 Å². The summed E-state index contributed by atoms with van der Waals surface area (Å²) in [5, 5.41) is 2.92. The zero-order valence-corrected chi connectivity index (χ0v) is 12.3. The van der Waals surface area contributed by atoms with Crippen LogP contribution in [0.15, 0.2) is 48.5 Å². The molecule has 0 aliphatic rings. The largest absolute Gasteiger partial charge is 0.425 e. The first-order valence-electron chi connectivity index (χ1n) is 6.88. The highest BCUT2D eigenvalue weighted by Gasteiger charge is 2.17. The van der Waals surface area contributed by atoms with Crippen LogP contribution in [0, 0.1) is 0 Å². The molecule has 0 bridgehead atoms. The average Bonchev–Trinajstić information content (AvgIpc) is 2.50. The van der Waals surface area contributed by atoms with Gasteiger partial charge in [0.25, 0.3) is 0 Å². The Morgan fingerprint density at radius 2 is 0.909 bits per heavy atom. The second-order valence-electron chi connectivity index (χ2n) is 4.94. The molecule has 0 aromatic heterocycles. The van der Waals surface area contributed by atoms with E-state index in [9.17, 15) is 9.59 Å². The van der Waals surface area contributed by atoms with Crippen molar-refractivity contribution >= 4 is 33.5 Å². The third-order valence-corrected chi connectivity index (χ3v) is 3.32. The molecular formula is C18H14O4. The van der Waals surface area contributed by atoms with E-state index in [-0.39, 0.29) is 0 Å². The fourth-order valence-corrected chi connectivity index (χ4v) is 2.56. The van der Waals surface area contributed by atoms with Crippen LogP contribution in [0.25, 0.3) is 21.5 Å². The predicted octanol–water partition coefficient (Wildman–Crippen LogP) is 3.84. The Morgan fingerprint density at radius 3 is 1.14 bits per heavy atom. The molecule has 0 spiro atoms. The van der Waals surface area contributed by atoms with E-state index in [4.69, 9.17) is 9.47 Å². The quantitative estimate of drug-likeness (QED) is 0.409. The minimum absolute atomic E-state index is 0.393. The lowest BCUT2D eigenvalue weighted by Gasteiger charge is -2.15. The maximum absolute atomic E-state index is 11.5. The normalized spacial score (nSPS) is 10.6. The number of esters is 2. The van der Waals surface area contributed by atoms with Gasteiger partial charge in [-0.2, -0.15) is 0 Å². The molecule has 0 radical (unpaired) electrons. The topological polar surface area (TPSA) is 52.6 Å². The summed E-state index contributed by atoms with van der Waals surface area (Å²) in [6.45, 7) is 2.73. The van der Waals surface area contributed by atoms with Gasteiger partial charge in [-0.15, -0.1) is 0 Å². The average molecular weight is 294 g/mol. The van der Waals surface area contributed by atoms with Crippen LogP contribution >= 0.6 is 0 Å². The van der Waals surface area contributed by atoms with Gasteiger partial charge in [0.15, 0.2) is 0 Å². The van der Waals surface area contributed by atoms with Crippen molar-refractivity contribution in [1.29, 1.82) is 0 Å². The Labute approximate surface area is 127 Å². The highest BCUT2D eigenvalue weighted by Crippen LogP contribution is 2.42. The molecule has 0 N–H and O–H groups in total. The summed E-state index contributed by atoms with van der Waals surface area (Å²) >= 11 is 0. The Balaban J connectivity index is 2.47. The van der Waals surface area contributed by atoms with Crippen molar-refractivity contribution in [1.82, 2.24) is 0 Å². The van der Waals surface area contributed by atoms with Crippen molar-refractivity contribution in [2.24, 2.45) is 0 Å². The molecule has 0 atom stereocenters. The SMILES string of the molecule is CC(=O)Oc1c2ccccc2c(OC(C)=O)c2ccccc12. The standard InChI is InChI=1S/C18H14O4/c1-11(19)21-17-13-7-3-5-9-15(13)18(22-12(2)20)16-10-6-4-8-14(16)17/h3-10H,1-2H3. The van der Waals surface area contributed by atoms with E-state index in [1.54, 1.807) is 0 Å². The molecule has 0 aliphatic carbocycles. The van der Waals surface area contributed by atoms with Crippen LogP contribution in [0.1, 0.15) is 13.8 Å². The predicted molar refractivity (Wildman–Crippen MR) is 84.1 cm³/mol. The van der Waals surface area contributed by atoms with Gasteiger partial charge in [0, 0.05) is 35.4 Å². The second-order valence-corrected chi connectivity index (χ2v) is 4.94. The number of fused-ring (bicyclic) bond motifs is 2. The second kappa shape index (κ2) is 5.48. The Kier molecular flexibility index (Phi) is 3.51. The number of hydrogen-bond acceptors (Lipinski definition) is 4. The molecule has 0 aliphatic heterocycles. The van der Waals surface area contributed by atoms with Crippen molar-refractivity contribution in [2.45, 2.75) is 13.8 Å². The first-order valence-corrected chi connectivity index (χ1v) is 6.88. The number of rotatable bonds is 2. The van der Waals surface area contributed by atoms with Crippen LogP contribution in [0.3, 0.4) is 0 Å². The first-order chi connectivity index (χ1) is 10.6. The number of benzene rings is 3. The van der Waals surface area contributed by atoms with Gasteiger partial charge < -0.3 is 9.47 Å². The van der Waals surface area contributed by atoms with Gasteiger partial charge in [0.1, 0.15) is 11.5 Å². The van der Waals surface area contributed by atoms with Gasteiger partial charge in [-0.1, -0.05) is 48.5 Å². The first kappa shape index (κ1) is 14.1. The monoisotopic (exact) mass is 294 g/mol. The zero-order valence-electron chi connectivity index (χ0n) is 12.3. The van der Waals surface area contributed by atoms with Gasteiger partial charge in [-0.05, 0) is 0 Å². The molecule has 3 rings (SSSR count). The summed E-state index contributed by atoms with van der Waals surface area (Å²) in [4.78, 5) is 22.9. The van der Waals surface area contributed by atoms with E-state index in [0.29, 0.717) is 11.5 Å². The van der Waals surface area contributed by atoms with Gasteiger partial charge >= 0.3 is 11.9 Å². The Morgan fingerprint density at radius 1 is 0.636 bits per heavy atom. The molecule has 22 heavy (non-hydrogen) atoms. The van der Waals surface area contributed by atoms with Crippen molar-refractivity contribution in [3.05, 3.63) is 48.5 Å². The maximum atomic E-state index is 11.5. The van der Waals surface area contributed by atoms with Crippen LogP contribution in [0.5, 0.6) is 11.5 Å². The molecular weight excluding hydrogens is 280 g/mol. The summed E-state index contributed by atoms with van der Waals surface area (Å²) in [6, 6.07) is 14.8. The third kappa shape index (κ3) is 2.39. The molecule has 0 amide bonds. The summed E-state index contributed by atoms with van der Waals surface area (Å²) in [6.07, 6.45) is 0. The summed E-state index contributed by atoms with van der Waals surface area (Å²) in [5.74, 6) is 0.176. The van der Waals surface area contributed by atoms with E-state index in [1.165, 1.54) is 13.8 Å². The lowest BCUT2D eigenvalue weighted by molar-refractivity contribution is -0.132. The van der Waals surface area contributed by atoms with Gasteiger partial charge in [-0.3, -0.25) is 9.59 Å². The van der Waals surface area contributed by atoms with Gasteiger partial charge in [0.2, 0.25) is 0 Å². The van der Waals surface area contributed by atoms with Crippen LogP contribution in [-0.4, -0.2) is 11.9 Å². The molecule has 0 saturated heterocycles. The molecule has 4 heteroatoms. The molecule has 0 fully saturated rings. The van der Waals surface area contributed by atoms with E-state index < -0.39 is 11.9 Å². The zero-order chi connectivity index (χ0) is 15.7. The number of ether oxygens (including phenoxy) is 2. The van der Waals surface area contributed by atoms with E-state index >= 15 is 0 Å². The number of carbonyl (C=O) groups excluding carboxylic acids is 2. The highest BCUT2D eigenvalue weighted by molar-refractivity contribution is 6.12. The number of carbonyl (C=O) groups is 2. The molecule has 0 heterocycles. The molecule has 110 valence electrons. The van der Waals surface area contributed by atoms with E-state index in [1.807, 2.05) is 48.5 Å². The smallest absolute Gasteiger partial charge is 0.308 e. The summed E-state index contributed by atoms with van der Waals surface area (Å²) in [5.41, 5.74) is 0. The minimum atomic E-state index is -0.393. The lowest BCUT2D eigenvalue weighted by atomic mass is 10.0. The van der Waals surface area contributed by atoms with Crippen molar-refractivity contribution in [3.63, 3.8) is 0 Å². The van der Waals surface area contributed by atoms with E-state index in [2.05, 4.69) is 0 Å². The molecule has 4 nitrogen and oxygen atoms in total. The van der Waals surface area contributed by atoms with Gasteiger partial charge in [-0.25, -0.2) is 0 Å². The van der Waals surface area contributed by atoms with Crippen molar-refractivity contribution in [3.8, 4) is 11.5 Å². The van der Waals surface area contributed by atoms with Crippen LogP contribution in [0.4, 0.5) is 0 Å². The van der Waals surface area contributed by atoms with Crippen LogP contribution in [-0.2, 0) is 9.59 Å². The van der Waals surface area contributed by atoms with E-state index in [0.717, 1.165) is 21.5 Å². The minimum Gasteiger partial charge on any atom is -0.425 e. The van der Waals surface area contributed by atoms with Gasteiger partial charge in [0.05, 0.1) is 0 Å². The highest BCUT2D eigenvalue weighted by atomic mass is 16.5. The Bertz CT molecular complexity index is 765. The number of hydrogen-bond donors (Lipinski definition) is 0. The van der Waals surface area contributed by atoms with Crippen LogP contribution < -0.4 is 9.47 Å². The molecule has 3 aromatic rings. The maximum Gasteiger partial charge on any atom is 0.308 e. The third-order valence-electron chi connectivity index (χ3n) is 3.32. The van der Waals surface area contributed by atoms with Crippen molar-refractivity contribution < 1.29 is 19.1 Å². The fourth-order valence-electron chi connectivity index (χ4n) is 2.56. The molecule has 0 saturated carbocycles. The molecule has 3 aromatic carbocycles. The fraction of sp³-hybridized carbons (Fsp3) is 0.111. The Hall–Kier alpha value is -2.88. The summed E-state index contributed by atoms with van der Waals surface area (Å²) < 4.78 is 10.8. The molecule has 0 unspecified atom stereocenters.